The van der Waals surface area contributed by atoms with E-state index >= 15 is 0 Å². The number of hydrogen-bond donors (Lipinski definition) is 1. The van der Waals surface area contributed by atoms with Crippen LogP contribution in [0.3, 0.4) is 0 Å². The molecule has 0 aromatic heterocycles. The van der Waals surface area contributed by atoms with E-state index in [9.17, 15) is 0 Å². The molecular weight excluding hydrogens is 192 g/mol. The van der Waals surface area contributed by atoms with Gasteiger partial charge in [0.2, 0.25) is 0 Å². The summed E-state index contributed by atoms with van der Waals surface area (Å²) in [6.07, 6.45) is 0.658. The van der Waals surface area contributed by atoms with Crippen molar-refractivity contribution in [3.05, 3.63) is 24.3 Å². The molecule has 0 bridgehead atoms. The minimum atomic E-state index is 0.0203. The van der Waals surface area contributed by atoms with Crippen molar-refractivity contribution in [1.82, 2.24) is 0 Å². The van der Waals surface area contributed by atoms with Gasteiger partial charge in [-0.15, -0.1) is 0 Å². The van der Waals surface area contributed by atoms with Crippen molar-refractivity contribution >= 4 is 0 Å². The van der Waals surface area contributed by atoms with E-state index in [1.165, 1.54) is 0 Å². The van der Waals surface area contributed by atoms with Gasteiger partial charge in [0.05, 0.1) is 12.7 Å². The van der Waals surface area contributed by atoms with Crippen LogP contribution in [0.15, 0.2) is 24.3 Å². The van der Waals surface area contributed by atoms with Gasteiger partial charge < -0.3 is 14.6 Å². The lowest BCUT2D eigenvalue weighted by Crippen LogP contribution is -2.13. The minimum Gasteiger partial charge on any atom is -0.494 e. The Morgan fingerprint density at radius 3 is 2.73 bits per heavy atom. The van der Waals surface area contributed by atoms with Crippen molar-refractivity contribution in [2.24, 2.45) is 0 Å². The van der Waals surface area contributed by atoms with Crippen molar-refractivity contribution in [1.29, 1.82) is 0 Å². The number of hydrogen-bond acceptors (Lipinski definition) is 3. The smallest absolute Gasteiger partial charge is 0.123 e. The molecule has 0 radical (unpaired) electrons. The highest BCUT2D eigenvalue weighted by Crippen LogP contribution is 2.20. The van der Waals surface area contributed by atoms with E-state index in [1.807, 2.05) is 38.1 Å². The average Bonchev–Trinajstić information content (AvgIpc) is 2.19. The minimum absolute atomic E-state index is 0.0203. The summed E-state index contributed by atoms with van der Waals surface area (Å²) in [5.41, 5.74) is 0. The van der Waals surface area contributed by atoms with Gasteiger partial charge >= 0.3 is 0 Å². The van der Waals surface area contributed by atoms with Gasteiger partial charge in [-0.3, -0.25) is 0 Å². The molecule has 1 aromatic rings. The van der Waals surface area contributed by atoms with Crippen molar-refractivity contribution < 1.29 is 14.6 Å². The fourth-order valence-electron chi connectivity index (χ4n) is 1.28. The molecule has 1 atom stereocenters. The molecule has 0 amide bonds. The van der Waals surface area contributed by atoms with Gasteiger partial charge in [-0.2, -0.15) is 0 Å². The molecule has 0 aliphatic rings. The summed E-state index contributed by atoms with van der Waals surface area (Å²) < 4.78 is 11.0. The largest absolute Gasteiger partial charge is 0.494 e. The molecule has 0 saturated heterocycles. The fraction of sp³-hybridized carbons (Fsp3) is 0.500. The molecule has 84 valence electrons. The standard InChI is InChI=1S/C12H18O3/c1-3-14-11-5-4-6-12(9-11)15-10(2)7-8-13/h4-6,9-10,13H,3,7-8H2,1-2H3. The second kappa shape index (κ2) is 6.30. The van der Waals surface area contributed by atoms with Crippen molar-refractivity contribution in [2.75, 3.05) is 13.2 Å². The summed E-state index contributed by atoms with van der Waals surface area (Å²) in [7, 11) is 0. The molecule has 0 aliphatic carbocycles. The zero-order valence-corrected chi connectivity index (χ0v) is 9.27. The summed E-state index contributed by atoms with van der Waals surface area (Å²) in [4.78, 5) is 0. The third-order valence-electron chi connectivity index (χ3n) is 1.99. The second-order valence-electron chi connectivity index (χ2n) is 3.35. The first-order valence-corrected chi connectivity index (χ1v) is 5.26. The fourth-order valence-corrected chi connectivity index (χ4v) is 1.28. The van der Waals surface area contributed by atoms with Gasteiger partial charge in [-0.1, -0.05) is 6.07 Å². The molecule has 1 rings (SSSR count). The monoisotopic (exact) mass is 210 g/mol. The Bertz CT molecular complexity index is 286. The van der Waals surface area contributed by atoms with E-state index in [0.717, 1.165) is 11.5 Å². The Kier molecular flexibility index (Phi) is 4.98. The number of benzene rings is 1. The normalized spacial score (nSPS) is 12.2. The maximum absolute atomic E-state index is 8.75. The van der Waals surface area contributed by atoms with Crippen LogP contribution in [0, 0.1) is 0 Å². The van der Waals surface area contributed by atoms with E-state index in [0.29, 0.717) is 13.0 Å². The lowest BCUT2D eigenvalue weighted by Gasteiger charge is -2.14. The maximum atomic E-state index is 8.75. The lowest BCUT2D eigenvalue weighted by molar-refractivity contribution is 0.168. The first-order valence-electron chi connectivity index (χ1n) is 5.26. The Hall–Kier alpha value is -1.22. The second-order valence-corrected chi connectivity index (χ2v) is 3.35. The Morgan fingerprint density at radius 2 is 2.07 bits per heavy atom. The first kappa shape index (κ1) is 11.9. The number of ether oxygens (including phenoxy) is 2. The molecule has 0 fully saturated rings. The van der Waals surface area contributed by atoms with E-state index in [-0.39, 0.29) is 12.7 Å². The van der Waals surface area contributed by atoms with Crippen LogP contribution in [0.25, 0.3) is 0 Å². The third-order valence-corrected chi connectivity index (χ3v) is 1.99. The van der Waals surface area contributed by atoms with Gasteiger partial charge in [0.1, 0.15) is 11.5 Å². The highest BCUT2D eigenvalue weighted by atomic mass is 16.5. The predicted molar refractivity (Wildman–Crippen MR) is 59.4 cm³/mol. The molecule has 1 unspecified atom stereocenters. The molecular formula is C12H18O3. The Balaban J connectivity index is 2.56. The van der Waals surface area contributed by atoms with E-state index in [2.05, 4.69) is 0 Å². The zero-order valence-electron chi connectivity index (χ0n) is 9.27. The molecule has 0 aliphatic heterocycles. The molecule has 0 spiro atoms. The van der Waals surface area contributed by atoms with Crippen molar-refractivity contribution in [2.45, 2.75) is 26.4 Å². The van der Waals surface area contributed by atoms with E-state index < -0.39 is 0 Å². The molecule has 1 aromatic carbocycles. The van der Waals surface area contributed by atoms with Crippen molar-refractivity contribution in [3.63, 3.8) is 0 Å². The van der Waals surface area contributed by atoms with Crippen LogP contribution in [-0.2, 0) is 0 Å². The first-order chi connectivity index (χ1) is 7.26. The average molecular weight is 210 g/mol. The molecule has 15 heavy (non-hydrogen) atoms. The van der Waals surface area contributed by atoms with Gasteiger partial charge in [-0.25, -0.2) is 0 Å². The van der Waals surface area contributed by atoms with E-state index in [4.69, 9.17) is 14.6 Å². The van der Waals surface area contributed by atoms with Crippen molar-refractivity contribution in [3.8, 4) is 11.5 Å². The molecule has 1 N–H and O–H groups in total. The van der Waals surface area contributed by atoms with Crippen LogP contribution in [0.5, 0.6) is 11.5 Å². The zero-order chi connectivity index (χ0) is 11.1. The number of aliphatic hydroxyl groups is 1. The van der Waals surface area contributed by atoms with Gasteiger partial charge in [0, 0.05) is 19.1 Å². The summed E-state index contributed by atoms with van der Waals surface area (Å²) in [5, 5.41) is 8.75. The van der Waals surface area contributed by atoms with Crippen LogP contribution < -0.4 is 9.47 Å². The van der Waals surface area contributed by atoms with Gasteiger partial charge in [0.15, 0.2) is 0 Å². The molecule has 0 heterocycles. The Labute approximate surface area is 90.6 Å². The van der Waals surface area contributed by atoms with Crippen LogP contribution >= 0.6 is 0 Å². The number of aliphatic hydroxyl groups excluding tert-OH is 1. The maximum Gasteiger partial charge on any atom is 0.123 e. The SMILES string of the molecule is CCOc1cccc(OC(C)CCO)c1. The van der Waals surface area contributed by atoms with Crippen LogP contribution in [-0.4, -0.2) is 24.4 Å². The summed E-state index contributed by atoms with van der Waals surface area (Å²) in [6, 6.07) is 7.53. The molecule has 3 heteroatoms. The predicted octanol–water partition coefficient (Wildman–Crippen LogP) is 2.24. The van der Waals surface area contributed by atoms with Gasteiger partial charge in [-0.05, 0) is 26.0 Å². The van der Waals surface area contributed by atoms with E-state index in [1.54, 1.807) is 0 Å². The summed E-state index contributed by atoms with van der Waals surface area (Å²) >= 11 is 0. The van der Waals surface area contributed by atoms with Crippen LogP contribution in [0.2, 0.25) is 0 Å². The van der Waals surface area contributed by atoms with Crippen LogP contribution in [0.4, 0.5) is 0 Å². The quantitative estimate of drug-likeness (QED) is 0.782. The topological polar surface area (TPSA) is 38.7 Å². The highest BCUT2D eigenvalue weighted by Gasteiger charge is 2.03. The molecule has 0 saturated carbocycles. The highest BCUT2D eigenvalue weighted by molar-refractivity contribution is 5.33. The Morgan fingerprint density at radius 1 is 1.33 bits per heavy atom. The van der Waals surface area contributed by atoms with Gasteiger partial charge in [0.25, 0.3) is 0 Å². The lowest BCUT2D eigenvalue weighted by atomic mass is 10.3. The number of rotatable bonds is 6. The van der Waals surface area contributed by atoms with Crippen LogP contribution in [0.1, 0.15) is 20.3 Å². The summed E-state index contributed by atoms with van der Waals surface area (Å²) in [5.74, 6) is 1.59. The summed E-state index contributed by atoms with van der Waals surface area (Å²) in [6.45, 7) is 4.67. The third kappa shape index (κ3) is 4.21. The molecule has 3 nitrogen and oxygen atoms in total.